The van der Waals surface area contributed by atoms with Crippen LogP contribution in [-0.2, 0) is 17.9 Å². The largest absolute Gasteiger partial charge is 0.352 e. The van der Waals surface area contributed by atoms with Crippen molar-refractivity contribution in [2.24, 2.45) is 5.92 Å². The monoisotopic (exact) mass is 408 g/mol. The SMILES string of the molecule is O=C(NCc1ccccc1F)C1CCCN(Cc2cccc(-c3cccs3)c2)C1. The van der Waals surface area contributed by atoms with E-state index in [2.05, 4.69) is 52.0 Å². The van der Waals surface area contributed by atoms with Crippen LogP contribution in [0.5, 0.6) is 0 Å². The molecule has 150 valence electrons. The summed E-state index contributed by atoms with van der Waals surface area (Å²) in [6.45, 7) is 2.83. The lowest BCUT2D eigenvalue weighted by Crippen LogP contribution is -2.42. The van der Waals surface area contributed by atoms with Gasteiger partial charge < -0.3 is 5.32 Å². The number of amides is 1. The van der Waals surface area contributed by atoms with Crippen molar-refractivity contribution in [3.05, 3.63) is 83.0 Å². The molecule has 1 atom stereocenters. The van der Waals surface area contributed by atoms with Gasteiger partial charge in [-0.2, -0.15) is 0 Å². The minimum absolute atomic E-state index is 0.0188. The highest BCUT2D eigenvalue weighted by molar-refractivity contribution is 7.13. The lowest BCUT2D eigenvalue weighted by atomic mass is 9.96. The zero-order valence-electron chi connectivity index (χ0n) is 16.3. The Bertz CT molecular complexity index is 957. The van der Waals surface area contributed by atoms with E-state index in [0.717, 1.165) is 32.5 Å². The number of likely N-dealkylation sites (tertiary alicyclic amines) is 1. The Morgan fingerprint density at radius 2 is 2.03 bits per heavy atom. The van der Waals surface area contributed by atoms with E-state index in [1.807, 2.05) is 0 Å². The van der Waals surface area contributed by atoms with Crippen molar-refractivity contribution in [2.75, 3.05) is 13.1 Å². The molecule has 0 saturated carbocycles. The number of benzene rings is 2. The number of carbonyl (C=O) groups excluding carboxylic acids is 1. The second-order valence-electron chi connectivity index (χ2n) is 7.56. The van der Waals surface area contributed by atoms with Crippen LogP contribution in [0.4, 0.5) is 4.39 Å². The maximum Gasteiger partial charge on any atom is 0.224 e. The Kier molecular flexibility index (Phi) is 6.37. The van der Waals surface area contributed by atoms with Crippen molar-refractivity contribution in [3.8, 4) is 10.4 Å². The van der Waals surface area contributed by atoms with Gasteiger partial charge in [0.25, 0.3) is 0 Å². The molecule has 2 aromatic carbocycles. The number of hydrogen-bond acceptors (Lipinski definition) is 3. The molecule has 1 aromatic heterocycles. The Labute approximate surface area is 175 Å². The average molecular weight is 409 g/mol. The topological polar surface area (TPSA) is 32.3 Å². The maximum absolute atomic E-state index is 13.8. The van der Waals surface area contributed by atoms with Crippen molar-refractivity contribution in [3.63, 3.8) is 0 Å². The predicted octanol–water partition coefficient (Wildman–Crippen LogP) is 5.08. The number of nitrogens with zero attached hydrogens (tertiary/aromatic N) is 1. The number of rotatable bonds is 6. The second kappa shape index (κ2) is 9.33. The summed E-state index contributed by atoms with van der Waals surface area (Å²) < 4.78 is 13.8. The highest BCUT2D eigenvalue weighted by Gasteiger charge is 2.25. The van der Waals surface area contributed by atoms with E-state index in [9.17, 15) is 9.18 Å². The smallest absolute Gasteiger partial charge is 0.224 e. The molecule has 1 aliphatic heterocycles. The number of piperidine rings is 1. The Morgan fingerprint density at radius 3 is 2.86 bits per heavy atom. The minimum Gasteiger partial charge on any atom is -0.352 e. The van der Waals surface area contributed by atoms with Gasteiger partial charge in [-0.05, 0) is 54.1 Å². The summed E-state index contributed by atoms with van der Waals surface area (Å²) in [7, 11) is 0. The molecule has 4 rings (SSSR count). The van der Waals surface area contributed by atoms with Crippen LogP contribution in [0.15, 0.2) is 66.0 Å². The summed E-state index contributed by atoms with van der Waals surface area (Å²) in [4.78, 5) is 16.3. The third-order valence-electron chi connectivity index (χ3n) is 5.43. The fourth-order valence-corrected chi connectivity index (χ4v) is 4.63. The van der Waals surface area contributed by atoms with Crippen molar-refractivity contribution < 1.29 is 9.18 Å². The molecule has 1 saturated heterocycles. The van der Waals surface area contributed by atoms with Crippen LogP contribution in [0.25, 0.3) is 10.4 Å². The zero-order chi connectivity index (χ0) is 20.1. The number of nitrogens with one attached hydrogen (secondary N) is 1. The molecule has 1 amide bonds. The lowest BCUT2D eigenvalue weighted by molar-refractivity contribution is -0.127. The molecular weight excluding hydrogens is 383 g/mol. The first-order chi connectivity index (χ1) is 14.2. The van der Waals surface area contributed by atoms with Gasteiger partial charge >= 0.3 is 0 Å². The number of halogens is 1. The molecule has 1 N–H and O–H groups in total. The van der Waals surface area contributed by atoms with E-state index in [0.29, 0.717) is 5.56 Å². The van der Waals surface area contributed by atoms with Crippen LogP contribution in [0, 0.1) is 11.7 Å². The van der Waals surface area contributed by atoms with Crippen LogP contribution in [0.1, 0.15) is 24.0 Å². The fourth-order valence-electron chi connectivity index (χ4n) is 3.91. The minimum atomic E-state index is -0.274. The van der Waals surface area contributed by atoms with E-state index in [1.165, 1.54) is 22.1 Å². The van der Waals surface area contributed by atoms with Crippen LogP contribution in [-0.4, -0.2) is 23.9 Å². The van der Waals surface area contributed by atoms with Gasteiger partial charge in [-0.3, -0.25) is 9.69 Å². The van der Waals surface area contributed by atoms with Gasteiger partial charge in [-0.1, -0.05) is 42.5 Å². The summed E-state index contributed by atoms with van der Waals surface area (Å²) >= 11 is 1.75. The van der Waals surface area contributed by atoms with Crippen LogP contribution < -0.4 is 5.32 Å². The summed E-state index contributed by atoms with van der Waals surface area (Å²) in [5, 5.41) is 5.01. The van der Waals surface area contributed by atoms with Crippen molar-refractivity contribution >= 4 is 17.2 Å². The summed E-state index contributed by atoms with van der Waals surface area (Å²) in [6, 6.07) is 19.4. The molecule has 1 fully saturated rings. The van der Waals surface area contributed by atoms with Gasteiger partial charge in [0.15, 0.2) is 0 Å². The molecule has 2 heterocycles. The lowest BCUT2D eigenvalue weighted by Gasteiger charge is -2.32. The van der Waals surface area contributed by atoms with Crippen molar-refractivity contribution in [1.82, 2.24) is 10.2 Å². The number of carbonyl (C=O) groups is 1. The molecule has 29 heavy (non-hydrogen) atoms. The first-order valence-electron chi connectivity index (χ1n) is 10.1. The Balaban J connectivity index is 1.34. The number of thiophene rings is 1. The van der Waals surface area contributed by atoms with Gasteiger partial charge in [0.2, 0.25) is 5.91 Å². The highest BCUT2D eigenvalue weighted by Crippen LogP contribution is 2.26. The van der Waals surface area contributed by atoms with E-state index in [4.69, 9.17) is 0 Å². The van der Waals surface area contributed by atoms with Crippen molar-refractivity contribution in [2.45, 2.75) is 25.9 Å². The van der Waals surface area contributed by atoms with Crippen LogP contribution >= 0.6 is 11.3 Å². The van der Waals surface area contributed by atoms with Gasteiger partial charge in [0.1, 0.15) is 5.82 Å². The Hall–Kier alpha value is -2.50. The molecule has 0 aliphatic carbocycles. The normalized spacial score (nSPS) is 17.2. The van der Waals surface area contributed by atoms with Gasteiger partial charge in [-0.25, -0.2) is 4.39 Å². The molecule has 1 unspecified atom stereocenters. The second-order valence-corrected chi connectivity index (χ2v) is 8.51. The maximum atomic E-state index is 13.8. The van der Waals surface area contributed by atoms with Gasteiger partial charge in [-0.15, -0.1) is 11.3 Å². The van der Waals surface area contributed by atoms with Gasteiger partial charge in [0, 0.05) is 30.1 Å². The molecular formula is C24H25FN2OS. The van der Waals surface area contributed by atoms with E-state index in [-0.39, 0.29) is 24.2 Å². The summed E-state index contributed by atoms with van der Waals surface area (Å²) in [5.74, 6) is -0.301. The third-order valence-corrected chi connectivity index (χ3v) is 6.35. The quantitative estimate of drug-likeness (QED) is 0.617. The molecule has 3 nitrogen and oxygen atoms in total. The predicted molar refractivity (Wildman–Crippen MR) is 116 cm³/mol. The molecule has 0 spiro atoms. The standard InChI is InChI=1S/C24H25FN2OS/c25-22-10-2-1-7-20(22)15-26-24(28)21-9-4-12-27(17-21)16-18-6-3-8-19(14-18)23-11-5-13-29-23/h1-3,5-8,10-11,13-14,21H,4,9,12,15-17H2,(H,26,28). The van der Waals surface area contributed by atoms with Crippen molar-refractivity contribution in [1.29, 1.82) is 0 Å². The summed E-state index contributed by atoms with van der Waals surface area (Å²) in [6.07, 6.45) is 1.89. The van der Waals surface area contributed by atoms with E-state index < -0.39 is 0 Å². The van der Waals surface area contributed by atoms with Crippen LogP contribution in [0.2, 0.25) is 0 Å². The van der Waals surface area contributed by atoms with Crippen LogP contribution in [0.3, 0.4) is 0 Å². The first-order valence-corrected chi connectivity index (χ1v) is 10.9. The molecule has 0 bridgehead atoms. The van der Waals surface area contributed by atoms with E-state index >= 15 is 0 Å². The molecule has 0 radical (unpaired) electrons. The first kappa shape index (κ1) is 19.8. The molecule has 5 heteroatoms. The van der Waals surface area contributed by atoms with Gasteiger partial charge in [0.05, 0.1) is 5.92 Å². The van der Waals surface area contributed by atoms with E-state index in [1.54, 1.807) is 29.5 Å². The zero-order valence-corrected chi connectivity index (χ0v) is 17.1. The summed E-state index contributed by atoms with van der Waals surface area (Å²) in [5.41, 5.74) is 3.04. The average Bonchev–Trinajstić information content (AvgIpc) is 3.28. The number of hydrogen-bond donors (Lipinski definition) is 1. The fraction of sp³-hybridized carbons (Fsp3) is 0.292. The molecule has 3 aromatic rings. The Morgan fingerprint density at radius 1 is 1.14 bits per heavy atom. The third kappa shape index (κ3) is 5.11. The highest BCUT2D eigenvalue weighted by atomic mass is 32.1. The molecule has 1 aliphatic rings.